The molecule has 3 rings (SSSR count). The second kappa shape index (κ2) is 12.5. The Morgan fingerprint density at radius 2 is 1.68 bits per heavy atom. The number of aromatic nitrogens is 2. The number of urea groups is 1. The van der Waals surface area contributed by atoms with Gasteiger partial charge in [-0.1, -0.05) is 81.4 Å². The van der Waals surface area contributed by atoms with Gasteiger partial charge in [0.25, 0.3) is 0 Å². The molecular weight excluding hydrogens is 509 g/mol. The largest absolute Gasteiger partial charge is 0.322 e. The number of benzene rings is 2. The smallest absolute Gasteiger partial charge is 0.315 e. The Balaban J connectivity index is 1.82. The Morgan fingerprint density at radius 1 is 0.973 bits per heavy atom. The third-order valence-electron chi connectivity index (χ3n) is 5.85. The van der Waals surface area contributed by atoms with E-state index in [9.17, 15) is 9.59 Å². The van der Waals surface area contributed by atoms with Crippen LogP contribution in [0.5, 0.6) is 0 Å². The van der Waals surface area contributed by atoms with Crippen LogP contribution in [0.25, 0.3) is 5.69 Å². The summed E-state index contributed by atoms with van der Waals surface area (Å²) >= 11 is 12.3. The summed E-state index contributed by atoms with van der Waals surface area (Å²) in [6, 6.07) is 14.3. The summed E-state index contributed by atoms with van der Waals surface area (Å²) in [7, 11) is 0. The number of carbonyl (C=O) groups excluding carboxylic acids is 2. The average molecular weight is 545 g/mol. The van der Waals surface area contributed by atoms with Gasteiger partial charge in [-0.05, 0) is 43.7 Å². The number of carbonyl (C=O) groups is 2. The number of anilines is 2. The summed E-state index contributed by atoms with van der Waals surface area (Å²) in [5.74, 6) is 0.165. The van der Waals surface area contributed by atoms with Gasteiger partial charge in [0.15, 0.2) is 0 Å². The van der Waals surface area contributed by atoms with E-state index < -0.39 is 0 Å². The van der Waals surface area contributed by atoms with E-state index in [1.54, 1.807) is 22.9 Å². The summed E-state index contributed by atoms with van der Waals surface area (Å²) in [5, 5.41) is 11.4. The quantitative estimate of drug-likeness (QED) is 0.275. The lowest BCUT2D eigenvalue weighted by atomic mass is 9.92. The number of hydrogen-bond donors (Lipinski definition) is 2. The fourth-order valence-corrected chi connectivity index (χ4v) is 3.94. The average Bonchev–Trinajstić information content (AvgIpc) is 3.26. The third-order valence-corrected chi connectivity index (χ3v) is 6.59. The molecule has 3 amide bonds. The molecule has 0 saturated carbocycles. The zero-order valence-corrected chi connectivity index (χ0v) is 23.6. The van der Waals surface area contributed by atoms with E-state index in [1.807, 2.05) is 58.0 Å². The van der Waals surface area contributed by atoms with Crippen LogP contribution in [0.4, 0.5) is 16.3 Å². The number of aryl methyl sites for hydroxylation is 1. The van der Waals surface area contributed by atoms with Crippen molar-refractivity contribution in [2.75, 3.05) is 23.7 Å². The number of unbranched alkanes of at least 4 members (excludes halogenated alkanes) is 2. The van der Waals surface area contributed by atoms with Crippen LogP contribution < -0.4 is 10.6 Å². The topological polar surface area (TPSA) is 79.3 Å². The predicted molar refractivity (Wildman–Crippen MR) is 152 cm³/mol. The van der Waals surface area contributed by atoms with Gasteiger partial charge in [0, 0.05) is 23.7 Å². The van der Waals surface area contributed by atoms with Gasteiger partial charge in [-0.25, -0.2) is 9.48 Å². The Morgan fingerprint density at radius 3 is 2.30 bits per heavy atom. The highest BCUT2D eigenvalue weighted by molar-refractivity contribution is 6.42. The van der Waals surface area contributed by atoms with Crippen molar-refractivity contribution in [3.63, 3.8) is 0 Å². The molecule has 0 atom stereocenters. The summed E-state index contributed by atoms with van der Waals surface area (Å²) in [6.07, 6.45) is 2.79. The highest BCUT2D eigenvalue weighted by atomic mass is 35.5. The molecule has 0 radical (unpaired) electrons. The summed E-state index contributed by atoms with van der Waals surface area (Å²) in [4.78, 5) is 27.8. The van der Waals surface area contributed by atoms with Crippen molar-refractivity contribution in [2.24, 2.45) is 0 Å². The monoisotopic (exact) mass is 543 g/mol. The highest BCUT2D eigenvalue weighted by Crippen LogP contribution is 2.29. The molecule has 2 aromatic carbocycles. The molecule has 198 valence electrons. The van der Waals surface area contributed by atoms with E-state index in [0.717, 1.165) is 30.5 Å². The third kappa shape index (κ3) is 7.98. The van der Waals surface area contributed by atoms with E-state index in [4.69, 9.17) is 28.3 Å². The molecule has 0 spiro atoms. The predicted octanol–water partition coefficient (Wildman–Crippen LogP) is 7.45. The lowest BCUT2D eigenvalue weighted by Crippen LogP contribution is -2.41. The van der Waals surface area contributed by atoms with Gasteiger partial charge in [-0.3, -0.25) is 4.79 Å². The maximum Gasteiger partial charge on any atom is 0.322 e. The molecule has 0 aliphatic rings. The molecule has 0 aliphatic heterocycles. The number of nitrogens with zero attached hydrogens (tertiary/aromatic N) is 3. The van der Waals surface area contributed by atoms with Crippen molar-refractivity contribution in [2.45, 2.75) is 59.3 Å². The Hall–Kier alpha value is -3.03. The van der Waals surface area contributed by atoms with Crippen molar-refractivity contribution in [3.05, 3.63) is 69.8 Å². The van der Waals surface area contributed by atoms with Crippen molar-refractivity contribution >= 4 is 46.6 Å². The van der Waals surface area contributed by atoms with Crippen LogP contribution in [0.1, 0.15) is 58.2 Å². The molecule has 7 nitrogen and oxygen atoms in total. The normalized spacial score (nSPS) is 11.3. The number of hydrogen-bond acceptors (Lipinski definition) is 3. The van der Waals surface area contributed by atoms with Crippen molar-refractivity contribution in [1.29, 1.82) is 0 Å². The number of nitrogens with one attached hydrogen (secondary N) is 2. The number of halogens is 2. The Bertz CT molecular complexity index is 1230. The van der Waals surface area contributed by atoms with Gasteiger partial charge >= 0.3 is 6.03 Å². The van der Waals surface area contributed by atoms with Crippen molar-refractivity contribution in [1.82, 2.24) is 14.7 Å². The first-order valence-corrected chi connectivity index (χ1v) is 13.2. The maximum absolute atomic E-state index is 13.2. The molecule has 0 saturated heterocycles. The van der Waals surface area contributed by atoms with Crippen LogP contribution in [0.15, 0.2) is 48.5 Å². The van der Waals surface area contributed by atoms with Crippen LogP contribution in [0, 0.1) is 6.92 Å². The first kappa shape index (κ1) is 28.5. The minimum atomic E-state index is -0.322. The molecule has 0 aliphatic carbocycles. The van der Waals surface area contributed by atoms with Crippen molar-refractivity contribution < 1.29 is 9.59 Å². The second-order valence-electron chi connectivity index (χ2n) is 10.1. The Labute approximate surface area is 229 Å². The van der Waals surface area contributed by atoms with Gasteiger partial charge in [-0.15, -0.1) is 0 Å². The first-order valence-electron chi connectivity index (χ1n) is 12.5. The zero-order valence-electron chi connectivity index (χ0n) is 22.1. The molecule has 2 N–H and O–H groups in total. The van der Waals surface area contributed by atoms with E-state index >= 15 is 0 Å². The molecule has 1 heterocycles. The zero-order chi connectivity index (χ0) is 27.2. The van der Waals surface area contributed by atoms with Gasteiger partial charge in [0.1, 0.15) is 12.4 Å². The molecule has 0 bridgehead atoms. The fraction of sp³-hybridized carbons (Fsp3) is 0.393. The van der Waals surface area contributed by atoms with Crippen LogP contribution >= 0.6 is 23.2 Å². The fourth-order valence-electron chi connectivity index (χ4n) is 3.65. The maximum atomic E-state index is 13.2. The Kier molecular flexibility index (Phi) is 9.62. The highest BCUT2D eigenvalue weighted by Gasteiger charge is 2.23. The second-order valence-corrected chi connectivity index (χ2v) is 11.0. The van der Waals surface area contributed by atoms with Crippen molar-refractivity contribution in [3.8, 4) is 5.69 Å². The van der Waals surface area contributed by atoms with Crippen LogP contribution in [0.3, 0.4) is 0 Å². The summed E-state index contributed by atoms with van der Waals surface area (Å²) < 4.78 is 1.63. The SMILES string of the molecule is CCCCCN(CC(=O)Nc1cc(C(C)(C)C)nn1-c1ccc(Cl)c(Cl)c1)C(=O)Nc1ccc(C)cc1. The van der Waals surface area contributed by atoms with Gasteiger partial charge in [-0.2, -0.15) is 5.10 Å². The van der Waals surface area contributed by atoms with E-state index in [1.165, 1.54) is 4.90 Å². The van der Waals surface area contributed by atoms with Crippen LogP contribution in [-0.2, 0) is 10.2 Å². The van der Waals surface area contributed by atoms with Gasteiger partial charge in [0.05, 0.1) is 21.4 Å². The molecule has 3 aromatic rings. The van der Waals surface area contributed by atoms with Crippen LogP contribution in [0.2, 0.25) is 10.0 Å². The molecule has 37 heavy (non-hydrogen) atoms. The lowest BCUT2D eigenvalue weighted by Gasteiger charge is -2.23. The standard InChI is InChI=1S/C28H35Cl2N5O2/c1-6-7-8-15-34(27(37)31-20-11-9-19(2)10-12-20)18-26(36)32-25-17-24(28(3,4)5)33-35(25)21-13-14-22(29)23(30)16-21/h9-14,16-17H,6-8,15,18H2,1-5H3,(H,31,37)(H,32,36). The minimum absolute atomic E-state index is 0.0984. The first-order chi connectivity index (χ1) is 17.5. The van der Waals surface area contributed by atoms with E-state index in [2.05, 4.69) is 17.6 Å². The summed E-state index contributed by atoms with van der Waals surface area (Å²) in [6.45, 7) is 10.6. The summed E-state index contributed by atoms with van der Waals surface area (Å²) in [5.41, 5.74) is 3.00. The minimum Gasteiger partial charge on any atom is -0.315 e. The molecular formula is C28H35Cl2N5O2. The van der Waals surface area contributed by atoms with Crippen LogP contribution in [-0.4, -0.2) is 39.7 Å². The number of amides is 3. The van der Waals surface area contributed by atoms with Gasteiger partial charge in [0.2, 0.25) is 5.91 Å². The van der Waals surface area contributed by atoms with E-state index in [-0.39, 0.29) is 23.9 Å². The molecule has 9 heteroatoms. The lowest BCUT2D eigenvalue weighted by molar-refractivity contribution is -0.116. The molecule has 0 fully saturated rings. The molecule has 0 unspecified atom stereocenters. The molecule has 1 aromatic heterocycles. The van der Waals surface area contributed by atoms with E-state index in [0.29, 0.717) is 33.8 Å². The number of rotatable bonds is 9. The van der Waals surface area contributed by atoms with Gasteiger partial charge < -0.3 is 15.5 Å².